The van der Waals surface area contributed by atoms with Crippen LogP contribution in [0, 0.1) is 11.7 Å². The zero-order chi connectivity index (χ0) is 20.7. The third-order valence-corrected chi connectivity index (χ3v) is 7.45. The molecule has 2 aliphatic heterocycles. The number of halogens is 1. The lowest BCUT2D eigenvalue weighted by Crippen LogP contribution is -2.50. The van der Waals surface area contributed by atoms with Crippen LogP contribution in [0.15, 0.2) is 36.4 Å². The van der Waals surface area contributed by atoms with Gasteiger partial charge in [-0.2, -0.15) is 0 Å². The van der Waals surface area contributed by atoms with Gasteiger partial charge in [-0.05, 0) is 42.7 Å². The zero-order valence-corrected chi connectivity index (χ0v) is 17.7. The second-order valence-corrected chi connectivity index (χ2v) is 9.72. The summed E-state index contributed by atoms with van der Waals surface area (Å²) >= 11 is 1.69. The first-order valence-electron chi connectivity index (χ1n) is 10.7. The van der Waals surface area contributed by atoms with Crippen molar-refractivity contribution in [2.75, 3.05) is 32.7 Å². The molecule has 1 unspecified atom stereocenters. The lowest BCUT2D eigenvalue weighted by atomic mass is 10.1. The number of hydrogen-bond donors (Lipinski definition) is 0. The number of benzene rings is 1. The number of carbonyl (C=O) groups is 2. The van der Waals surface area contributed by atoms with Crippen molar-refractivity contribution in [1.82, 2.24) is 14.7 Å². The van der Waals surface area contributed by atoms with E-state index >= 15 is 0 Å². The lowest BCUT2D eigenvalue weighted by Gasteiger charge is -2.35. The van der Waals surface area contributed by atoms with Crippen molar-refractivity contribution in [1.29, 1.82) is 0 Å². The summed E-state index contributed by atoms with van der Waals surface area (Å²) in [4.78, 5) is 33.6. The Hall–Kier alpha value is -2.25. The molecule has 5 nitrogen and oxygen atoms in total. The highest BCUT2D eigenvalue weighted by Gasteiger charge is 2.43. The van der Waals surface area contributed by atoms with Crippen molar-refractivity contribution in [3.63, 3.8) is 0 Å². The minimum atomic E-state index is -0.215. The molecule has 2 saturated heterocycles. The highest BCUT2D eigenvalue weighted by Crippen LogP contribution is 2.33. The summed E-state index contributed by atoms with van der Waals surface area (Å²) in [7, 11) is 0. The van der Waals surface area contributed by atoms with Crippen LogP contribution in [0.4, 0.5) is 4.39 Å². The molecule has 30 heavy (non-hydrogen) atoms. The molecular formula is C23H26FN3O2S. The van der Waals surface area contributed by atoms with Crippen LogP contribution >= 0.6 is 11.3 Å². The van der Waals surface area contributed by atoms with E-state index < -0.39 is 0 Å². The molecule has 5 rings (SSSR count). The van der Waals surface area contributed by atoms with E-state index in [9.17, 15) is 14.0 Å². The highest BCUT2D eigenvalue weighted by molar-refractivity contribution is 7.15. The quantitative estimate of drug-likeness (QED) is 0.736. The summed E-state index contributed by atoms with van der Waals surface area (Å²) in [6, 6.07) is 11.3. The summed E-state index contributed by atoms with van der Waals surface area (Å²) in [5, 5.41) is 0. The average Bonchev–Trinajstić information content (AvgIpc) is 3.36. The van der Waals surface area contributed by atoms with Gasteiger partial charge in [-0.1, -0.05) is 12.1 Å². The standard InChI is InChI=1S/C23H26FN3O2S/c24-18-3-1-2-16(12-18)21-7-6-20(30-21)15-25-8-10-26(11-9-25)23(29)17-13-22(28)27(14-17)19-4-5-19/h1-3,6-7,12,17,19H,4-5,8-11,13-15H2. The van der Waals surface area contributed by atoms with Crippen molar-refractivity contribution in [2.24, 2.45) is 5.92 Å². The van der Waals surface area contributed by atoms with Crippen LogP contribution in [0.2, 0.25) is 0 Å². The first kappa shape index (κ1) is 19.7. The third kappa shape index (κ3) is 4.14. The van der Waals surface area contributed by atoms with Gasteiger partial charge < -0.3 is 9.80 Å². The van der Waals surface area contributed by atoms with Gasteiger partial charge in [0.15, 0.2) is 0 Å². The molecule has 1 aromatic carbocycles. The molecule has 2 amide bonds. The molecule has 3 heterocycles. The third-order valence-electron chi connectivity index (χ3n) is 6.33. The van der Waals surface area contributed by atoms with Crippen molar-refractivity contribution in [2.45, 2.75) is 31.8 Å². The Balaban J connectivity index is 1.13. The zero-order valence-electron chi connectivity index (χ0n) is 16.9. The van der Waals surface area contributed by atoms with Crippen molar-refractivity contribution in [3.05, 3.63) is 47.1 Å². The van der Waals surface area contributed by atoms with Gasteiger partial charge in [0, 0.05) is 61.5 Å². The smallest absolute Gasteiger partial charge is 0.228 e. The monoisotopic (exact) mass is 427 g/mol. The van der Waals surface area contributed by atoms with Crippen LogP contribution < -0.4 is 0 Å². The van der Waals surface area contributed by atoms with Gasteiger partial charge in [0.2, 0.25) is 11.8 Å². The highest BCUT2D eigenvalue weighted by atomic mass is 32.1. The fourth-order valence-corrected chi connectivity index (χ4v) is 5.55. The van der Waals surface area contributed by atoms with E-state index in [0.717, 1.165) is 56.0 Å². The topological polar surface area (TPSA) is 43.9 Å². The molecule has 3 aliphatic rings. The number of carbonyl (C=O) groups excluding carboxylic acids is 2. The molecule has 0 N–H and O–H groups in total. The first-order valence-corrected chi connectivity index (χ1v) is 11.5. The maximum absolute atomic E-state index is 13.5. The average molecular weight is 428 g/mol. The Kier molecular flexibility index (Phi) is 5.33. The molecule has 3 fully saturated rings. The van der Waals surface area contributed by atoms with Crippen molar-refractivity contribution < 1.29 is 14.0 Å². The number of nitrogens with zero attached hydrogens (tertiary/aromatic N) is 3. The summed E-state index contributed by atoms with van der Waals surface area (Å²) < 4.78 is 13.5. The van der Waals surface area contributed by atoms with E-state index in [2.05, 4.69) is 17.0 Å². The Morgan fingerprint density at radius 1 is 1.10 bits per heavy atom. The number of thiophene rings is 1. The van der Waals surface area contributed by atoms with Gasteiger partial charge in [-0.3, -0.25) is 14.5 Å². The Morgan fingerprint density at radius 3 is 2.63 bits per heavy atom. The number of piperazine rings is 1. The number of rotatable bonds is 5. The molecule has 1 aliphatic carbocycles. The summed E-state index contributed by atoms with van der Waals surface area (Å²) in [6.45, 7) is 4.57. The van der Waals surface area contributed by atoms with Gasteiger partial charge in [0.1, 0.15) is 5.82 Å². The van der Waals surface area contributed by atoms with E-state index in [1.165, 1.54) is 10.9 Å². The summed E-state index contributed by atoms with van der Waals surface area (Å²) in [5.74, 6) is -0.0693. The van der Waals surface area contributed by atoms with Crippen LogP contribution in [0.1, 0.15) is 24.1 Å². The lowest BCUT2D eigenvalue weighted by molar-refractivity contribution is -0.137. The maximum Gasteiger partial charge on any atom is 0.228 e. The second kappa shape index (κ2) is 8.12. The first-order chi connectivity index (χ1) is 14.6. The van der Waals surface area contributed by atoms with Gasteiger partial charge >= 0.3 is 0 Å². The summed E-state index contributed by atoms with van der Waals surface area (Å²) in [6.07, 6.45) is 2.57. The van der Waals surface area contributed by atoms with Crippen LogP contribution in [0.25, 0.3) is 10.4 Å². The molecular weight excluding hydrogens is 401 g/mol. The number of hydrogen-bond acceptors (Lipinski definition) is 4. The Morgan fingerprint density at radius 2 is 1.90 bits per heavy atom. The predicted octanol–water partition coefficient (Wildman–Crippen LogP) is 3.21. The van der Waals surface area contributed by atoms with Gasteiger partial charge in [0.25, 0.3) is 0 Å². The fraction of sp³-hybridized carbons (Fsp3) is 0.478. The van der Waals surface area contributed by atoms with Gasteiger partial charge in [-0.15, -0.1) is 11.3 Å². The largest absolute Gasteiger partial charge is 0.340 e. The van der Waals surface area contributed by atoms with E-state index in [-0.39, 0.29) is 23.5 Å². The van der Waals surface area contributed by atoms with Gasteiger partial charge in [-0.25, -0.2) is 4.39 Å². The number of likely N-dealkylation sites (tertiary alicyclic amines) is 1. The molecule has 0 spiro atoms. The molecule has 1 aromatic heterocycles. The van der Waals surface area contributed by atoms with Gasteiger partial charge in [0.05, 0.1) is 5.92 Å². The minimum Gasteiger partial charge on any atom is -0.340 e. The van der Waals surface area contributed by atoms with E-state index in [4.69, 9.17) is 0 Å². The summed E-state index contributed by atoms with van der Waals surface area (Å²) in [5.41, 5.74) is 0.910. The maximum atomic E-state index is 13.5. The van der Waals surface area contributed by atoms with Crippen molar-refractivity contribution in [3.8, 4) is 10.4 Å². The van der Waals surface area contributed by atoms with Crippen LogP contribution in [-0.2, 0) is 16.1 Å². The number of amides is 2. The molecule has 0 radical (unpaired) electrons. The van der Waals surface area contributed by atoms with Crippen molar-refractivity contribution >= 4 is 23.2 Å². The SMILES string of the molecule is O=C(C1CC(=O)N(C2CC2)C1)N1CCN(Cc2ccc(-c3cccc(F)c3)s2)CC1. The Bertz CT molecular complexity index is 949. The second-order valence-electron chi connectivity index (χ2n) is 8.56. The molecule has 158 valence electrons. The molecule has 1 atom stereocenters. The predicted molar refractivity (Wildman–Crippen MR) is 114 cm³/mol. The normalized spacial score (nSPS) is 22.7. The molecule has 2 aromatic rings. The van der Waals surface area contributed by atoms with Crippen LogP contribution in [-0.4, -0.2) is 65.3 Å². The molecule has 0 bridgehead atoms. The Labute approximate surface area is 180 Å². The van der Waals surface area contributed by atoms with E-state index in [1.54, 1.807) is 23.5 Å². The fourth-order valence-electron chi connectivity index (χ4n) is 4.50. The van der Waals surface area contributed by atoms with Crippen LogP contribution in [0.3, 0.4) is 0 Å². The van der Waals surface area contributed by atoms with Crippen LogP contribution in [0.5, 0.6) is 0 Å². The molecule has 7 heteroatoms. The van der Waals surface area contributed by atoms with E-state index in [1.807, 2.05) is 15.9 Å². The minimum absolute atomic E-state index is 0.149. The molecule has 1 saturated carbocycles. The van der Waals surface area contributed by atoms with E-state index in [0.29, 0.717) is 19.0 Å².